The lowest BCUT2D eigenvalue weighted by Gasteiger charge is -2.42. The molecule has 164 valence electrons. The van der Waals surface area contributed by atoms with Gasteiger partial charge in [0.05, 0.1) is 28.5 Å². The molecule has 1 aliphatic heterocycles. The second-order valence-electron chi connectivity index (χ2n) is 7.08. The lowest BCUT2D eigenvalue weighted by Crippen LogP contribution is -2.62. The highest BCUT2D eigenvalue weighted by Gasteiger charge is 2.52. The second-order valence-corrected chi connectivity index (χ2v) is 7.89. The topological polar surface area (TPSA) is 90.9 Å². The Morgan fingerprint density at radius 2 is 1.81 bits per heavy atom. The highest BCUT2D eigenvalue weighted by molar-refractivity contribution is 6.42. The van der Waals surface area contributed by atoms with E-state index in [-0.39, 0.29) is 27.8 Å². The van der Waals surface area contributed by atoms with E-state index in [2.05, 4.69) is 10.6 Å². The number of hydrogen-bond acceptors (Lipinski definition) is 4. The average molecular weight is 472 g/mol. The number of hydrogen-bond donors (Lipinski definition) is 3. The molecule has 7 nitrogen and oxygen atoms in total. The molecule has 0 saturated carbocycles. The summed E-state index contributed by atoms with van der Waals surface area (Å²) in [6.45, 7) is 0.0736. The number of anilines is 2. The molecule has 0 fully saturated rings. The van der Waals surface area contributed by atoms with Crippen LogP contribution in [-0.2, 0) is 17.1 Å². The first-order valence-electron chi connectivity index (χ1n) is 9.64. The number of para-hydroxylation sites is 2. The third kappa shape index (κ3) is 3.75. The summed E-state index contributed by atoms with van der Waals surface area (Å²) in [5.74, 6) is -0.209. The molecule has 0 aliphatic carbocycles. The van der Waals surface area contributed by atoms with Crippen LogP contribution in [0.25, 0.3) is 0 Å². The summed E-state index contributed by atoms with van der Waals surface area (Å²) in [4.78, 5) is 27.4. The van der Waals surface area contributed by atoms with Crippen molar-refractivity contribution in [1.82, 2.24) is 5.32 Å². The number of nitrogens with zero attached hydrogens (tertiary/aromatic N) is 1. The first-order valence-corrected chi connectivity index (χ1v) is 10.4. The van der Waals surface area contributed by atoms with Gasteiger partial charge in [0.2, 0.25) is 0 Å². The Bertz CT molecular complexity index is 1200. The predicted molar refractivity (Wildman–Crippen MR) is 123 cm³/mol. The smallest absolute Gasteiger partial charge is 0.329 e. The molecule has 0 radical (unpaired) electrons. The van der Waals surface area contributed by atoms with Gasteiger partial charge >= 0.3 is 6.03 Å². The van der Waals surface area contributed by atoms with Crippen molar-refractivity contribution in [3.63, 3.8) is 0 Å². The molecule has 1 aliphatic rings. The number of methoxy groups -OCH3 is 1. The highest BCUT2D eigenvalue weighted by atomic mass is 35.5. The summed E-state index contributed by atoms with van der Waals surface area (Å²) in [5, 5.41) is 17.7. The van der Waals surface area contributed by atoms with Crippen LogP contribution in [0.4, 0.5) is 16.2 Å². The largest absolute Gasteiger partial charge is 0.496 e. The zero-order valence-corrected chi connectivity index (χ0v) is 18.4. The average Bonchev–Trinajstić information content (AvgIpc) is 2.79. The van der Waals surface area contributed by atoms with Crippen molar-refractivity contribution in [2.75, 3.05) is 17.3 Å². The number of aliphatic hydroxyl groups is 1. The van der Waals surface area contributed by atoms with E-state index in [1.54, 1.807) is 36.4 Å². The molecular weight excluding hydrogens is 453 g/mol. The first kappa shape index (κ1) is 22.0. The van der Waals surface area contributed by atoms with Crippen LogP contribution in [0, 0.1) is 0 Å². The van der Waals surface area contributed by atoms with Gasteiger partial charge in [-0.15, -0.1) is 0 Å². The van der Waals surface area contributed by atoms with Gasteiger partial charge in [-0.2, -0.15) is 0 Å². The summed E-state index contributed by atoms with van der Waals surface area (Å²) in [6.07, 6.45) is 0. The van der Waals surface area contributed by atoms with Crippen molar-refractivity contribution in [3.8, 4) is 5.75 Å². The minimum atomic E-state index is -2.35. The zero-order chi connectivity index (χ0) is 22.9. The van der Waals surface area contributed by atoms with Crippen LogP contribution < -0.4 is 20.3 Å². The molecule has 0 spiro atoms. The van der Waals surface area contributed by atoms with E-state index >= 15 is 0 Å². The number of benzene rings is 3. The van der Waals surface area contributed by atoms with Gasteiger partial charge in [-0.25, -0.2) is 4.79 Å². The van der Waals surface area contributed by atoms with Gasteiger partial charge in [-0.3, -0.25) is 9.69 Å². The number of fused-ring (bicyclic) bond motifs is 1. The third-order valence-corrected chi connectivity index (χ3v) is 5.92. The highest BCUT2D eigenvalue weighted by Crippen LogP contribution is 2.41. The fraction of sp³-hybridized carbons (Fsp3) is 0.130. The molecule has 0 bridgehead atoms. The summed E-state index contributed by atoms with van der Waals surface area (Å²) >= 11 is 12.2. The molecule has 1 atom stereocenters. The van der Waals surface area contributed by atoms with Crippen molar-refractivity contribution in [1.29, 1.82) is 0 Å². The number of amides is 3. The Morgan fingerprint density at radius 1 is 1.09 bits per heavy atom. The molecule has 32 heavy (non-hydrogen) atoms. The maximum atomic E-state index is 13.5. The molecular formula is C23H19Cl2N3O4. The number of urea groups is 1. The van der Waals surface area contributed by atoms with E-state index in [9.17, 15) is 14.7 Å². The van der Waals surface area contributed by atoms with E-state index in [1.165, 1.54) is 25.3 Å². The fourth-order valence-electron chi connectivity index (χ4n) is 3.63. The molecule has 1 heterocycles. The number of rotatable bonds is 5. The molecule has 3 amide bonds. The molecule has 4 rings (SSSR count). The first-order chi connectivity index (χ1) is 15.4. The summed E-state index contributed by atoms with van der Waals surface area (Å²) in [6, 6.07) is 17.4. The molecule has 3 aromatic rings. The Kier molecular flexibility index (Phi) is 5.97. The molecule has 0 saturated heterocycles. The van der Waals surface area contributed by atoms with Gasteiger partial charge < -0.3 is 20.5 Å². The van der Waals surface area contributed by atoms with Gasteiger partial charge in [0.25, 0.3) is 11.6 Å². The molecule has 0 aromatic heterocycles. The van der Waals surface area contributed by atoms with Crippen LogP contribution >= 0.6 is 23.2 Å². The minimum Gasteiger partial charge on any atom is -0.496 e. The normalized spacial score (nSPS) is 17.4. The Balaban J connectivity index is 1.77. The minimum absolute atomic E-state index is 0.0736. The molecule has 9 heteroatoms. The molecule has 3 N–H and O–H groups in total. The standard InChI is InChI=1S/C23H19Cl2N3O4/c1-32-20-9-5-2-6-14(20)13-26-21(29)23(31)16-7-3-4-8-19(16)27-22(30)28(23)15-10-11-17(24)18(25)12-15/h2-12,31H,13H2,1H3,(H,26,29)(H,27,30). The van der Waals surface area contributed by atoms with Crippen molar-refractivity contribution in [3.05, 3.63) is 87.9 Å². The Labute approximate surface area is 194 Å². The molecule has 3 aromatic carbocycles. The van der Waals surface area contributed by atoms with Crippen LogP contribution in [0.2, 0.25) is 10.0 Å². The SMILES string of the molecule is COc1ccccc1CNC(=O)C1(O)c2ccccc2NC(=O)N1c1ccc(Cl)c(Cl)c1. The van der Waals surface area contributed by atoms with Crippen LogP contribution in [-0.4, -0.2) is 24.2 Å². The van der Waals surface area contributed by atoms with Crippen molar-refractivity contribution in [2.45, 2.75) is 12.3 Å². The third-order valence-electron chi connectivity index (χ3n) is 5.18. The number of carbonyl (C=O) groups is 2. The number of nitrogens with one attached hydrogen (secondary N) is 2. The summed E-state index contributed by atoms with van der Waals surface area (Å²) < 4.78 is 5.32. The Hall–Kier alpha value is -3.26. The quantitative estimate of drug-likeness (QED) is 0.510. The van der Waals surface area contributed by atoms with Gasteiger partial charge in [-0.05, 0) is 30.3 Å². The van der Waals surface area contributed by atoms with Crippen molar-refractivity contribution < 1.29 is 19.4 Å². The number of carbonyl (C=O) groups excluding carboxylic acids is 2. The van der Waals surface area contributed by atoms with Crippen LogP contribution in [0.5, 0.6) is 5.75 Å². The number of ether oxygens (including phenoxy) is 1. The number of halogens is 2. The van der Waals surface area contributed by atoms with Gasteiger partial charge in [-0.1, -0.05) is 59.6 Å². The van der Waals surface area contributed by atoms with Gasteiger partial charge in [0.15, 0.2) is 0 Å². The monoisotopic (exact) mass is 471 g/mol. The van der Waals surface area contributed by atoms with Crippen LogP contribution in [0.15, 0.2) is 66.7 Å². The van der Waals surface area contributed by atoms with Gasteiger partial charge in [0, 0.05) is 17.7 Å². The maximum Gasteiger partial charge on any atom is 0.329 e. The van der Waals surface area contributed by atoms with Crippen molar-refractivity contribution >= 4 is 46.5 Å². The van der Waals surface area contributed by atoms with E-state index < -0.39 is 17.7 Å². The van der Waals surface area contributed by atoms with Gasteiger partial charge in [0.1, 0.15) is 5.75 Å². The summed E-state index contributed by atoms with van der Waals surface area (Å²) in [5.41, 5.74) is -0.909. The second kappa shape index (κ2) is 8.70. The predicted octanol–water partition coefficient (Wildman–Crippen LogP) is 4.52. The maximum absolute atomic E-state index is 13.5. The van der Waals surface area contributed by atoms with Crippen LogP contribution in [0.1, 0.15) is 11.1 Å². The van der Waals surface area contributed by atoms with Crippen LogP contribution in [0.3, 0.4) is 0 Å². The lowest BCUT2D eigenvalue weighted by molar-refractivity contribution is -0.140. The Morgan fingerprint density at radius 3 is 2.56 bits per heavy atom. The van der Waals surface area contributed by atoms with E-state index in [0.717, 1.165) is 4.90 Å². The van der Waals surface area contributed by atoms with E-state index in [4.69, 9.17) is 27.9 Å². The van der Waals surface area contributed by atoms with Crippen molar-refractivity contribution in [2.24, 2.45) is 0 Å². The zero-order valence-electron chi connectivity index (χ0n) is 16.9. The van der Waals surface area contributed by atoms with E-state index in [1.807, 2.05) is 12.1 Å². The molecule has 1 unspecified atom stereocenters. The van der Waals surface area contributed by atoms with E-state index in [0.29, 0.717) is 17.0 Å². The fourth-order valence-corrected chi connectivity index (χ4v) is 3.93. The summed E-state index contributed by atoms with van der Waals surface area (Å²) in [7, 11) is 1.53. The lowest BCUT2D eigenvalue weighted by atomic mass is 9.94.